The van der Waals surface area contributed by atoms with E-state index in [0.29, 0.717) is 59.3 Å². The number of carbonyl (C=O) groups excluding carboxylic acids is 2. The van der Waals surface area contributed by atoms with E-state index < -0.39 is 10.8 Å². The molecule has 1 atom stereocenters. The van der Waals surface area contributed by atoms with Gasteiger partial charge in [-0.1, -0.05) is 48.0 Å². The maximum Gasteiger partial charge on any atom is 0.259 e. The van der Waals surface area contributed by atoms with E-state index in [9.17, 15) is 13.8 Å². The van der Waals surface area contributed by atoms with Crippen molar-refractivity contribution in [1.29, 1.82) is 0 Å². The van der Waals surface area contributed by atoms with Crippen molar-refractivity contribution in [2.24, 2.45) is 0 Å². The van der Waals surface area contributed by atoms with E-state index in [1.54, 1.807) is 54.5 Å². The smallest absolute Gasteiger partial charge is 0.259 e. The zero-order chi connectivity index (χ0) is 29.4. The third-order valence-electron chi connectivity index (χ3n) is 8.08. The Hall–Kier alpha value is -4.43. The summed E-state index contributed by atoms with van der Waals surface area (Å²) in [5.74, 6) is 0.475. The number of benzene rings is 4. The van der Waals surface area contributed by atoms with Crippen LogP contribution in [0.15, 0.2) is 94.7 Å². The highest BCUT2D eigenvalue weighted by atomic mass is 32.2. The Morgan fingerprint density at radius 3 is 2.36 bits per heavy atom. The molecule has 0 aromatic heterocycles. The lowest BCUT2D eigenvalue weighted by Crippen LogP contribution is -2.48. The van der Waals surface area contributed by atoms with E-state index in [0.717, 1.165) is 28.1 Å². The van der Waals surface area contributed by atoms with E-state index in [1.807, 2.05) is 55.1 Å². The second-order valence-electron chi connectivity index (χ2n) is 10.7. The summed E-state index contributed by atoms with van der Waals surface area (Å²) in [4.78, 5) is 34.6. The van der Waals surface area contributed by atoms with Crippen LogP contribution < -0.4 is 14.5 Å². The summed E-state index contributed by atoms with van der Waals surface area (Å²) in [6.07, 6.45) is 0. The van der Waals surface area contributed by atoms with Gasteiger partial charge in [0, 0.05) is 31.7 Å². The number of para-hydroxylation sites is 2. The number of aryl methyl sites for hydroxylation is 2. The van der Waals surface area contributed by atoms with Crippen LogP contribution in [0, 0.1) is 13.8 Å². The van der Waals surface area contributed by atoms with Crippen LogP contribution in [0.3, 0.4) is 0 Å². The summed E-state index contributed by atoms with van der Waals surface area (Å²) in [6, 6.07) is 26.4. The molecule has 4 aromatic rings. The van der Waals surface area contributed by atoms with Crippen molar-refractivity contribution < 1.29 is 18.5 Å². The monoisotopic (exact) mass is 579 g/mol. The van der Waals surface area contributed by atoms with Crippen molar-refractivity contribution in [3.63, 3.8) is 0 Å². The Morgan fingerprint density at radius 1 is 0.833 bits per heavy atom. The summed E-state index contributed by atoms with van der Waals surface area (Å²) in [7, 11) is 0.0855. The number of fused-ring (bicyclic) bond motifs is 2. The number of ether oxygens (including phenoxy) is 1. The lowest BCUT2D eigenvalue weighted by Gasteiger charge is -2.36. The minimum Gasteiger partial charge on any atom is -0.495 e. The number of nitrogens with zero attached hydrogens (tertiary/aromatic N) is 3. The average Bonchev–Trinajstić information content (AvgIpc) is 3.11. The van der Waals surface area contributed by atoms with Crippen molar-refractivity contribution in [3.8, 4) is 5.75 Å². The van der Waals surface area contributed by atoms with Gasteiger partial charge < -0.3 is 19.4 Å². The number of hydrogen-bond donors (Lipinski definition) is 0. The number of carbonyl (C=O) groups is 2. The van der Waals surface area contributed by atoms with Gasteiger partial charge in [-0.15, -0.1) is 0 Å². The number of rotatable bonds is 5. The van der Waals surface area contributed by atoms with Crippen molar-refractivity contribution in [3.05, 3.63) is 113 Å². The van der Waals surface area contributed by atoms with Crippen LogP contribution in [0.2, 0.25) is 0 Å². The predicted octanol–water partition coefficient (Wildman–Crippen LogP) is 5.60. The van der Waals surface area contributed by atoms with Crippen LogP contribution in [0.25, 0.3) is 0 Å². The molecule has 0 N–H and O–H groups in total. The number of methoxy groups -OCH3 is 1. The zero-order valence-corrected chi connectivity index (χ0v) is 24.8. The highest BCUT2D eigenvalue weighted by molar-refractivity contribution is 7.85. The Kier molecular flexibility index (Phi) is 7.56. The van der Waals surface area contributed by atoms with Gasteiger partial charge in [-0.25, -0.2) is 4.21 Å². The van der Waals surface area contributed by atoms with Crippen LogP contribution in [-0.4, -0.2) is 54.2 Å². The van der Waals surface area contributed by atoms with Gasteiger partial charge in [-0.05, 0) is 67.4 Å². The molecule has 0 bridgehead atoms. The van der Waals surface area contributed by atoms with Gasteiger partial charge in [0.2, 0.25) is 0 Å². The topological polar surface area (TPSA) is 70.2 Å². The van der Waals surface area contributed by atoms with Gasteiger partial charge in [0.25, 0.3) is 11.8 Å². The maximum absolute atomic E-state index is 14.0. The number of piperazine rings is 1. The Morgan fingerprint density at radius 2 is 1.57 bits per heavy atom. The molecule has 2 aliphatic heterocycles. The first-order valence-electron chi connectivity index (χ1n) is 14.1. The van der Waals surface area contributed by atoms with Gasteiger partial charge >= 0.3 is 0 Å². The molecule has 0 radical (unpaired) electrons. The normalized spacial score (nSPS) is 16.5. The third kappa shape index (κ3) is 5.07. The molecule has 2 amide bonds. The van der Waals surface area contributed by atoms with Crippen LogP contribution in [0.1, 0.15) is 37.4 Å². The summed E-state index contributed by atoms with van der Waals surface area (Å²) in [6.45, 7) is 6.80. The molecule has 1 fully saturated rings. The second-order valence-corrected chi connectivity index (χ2v) is 12.1. The van der Waals surface area contributed by atoms with E-state index in [-0.39, 0.29) is 11.8 Å². The van der Waals surface area contributed by atoms with Crippen molar-refractivity contribution in [1.82, 2.24) is 4.90 Å². The highest BCUT2D eigenvalue weighted by Crippen LogP contribution is 2.37. The Labute approximate surface area is 248 Å². The maximum atomic E-state index is 14.0. The van der Waals surface area contributed by atoms with Gasteiger partial charge in [0.05, 0.1) is 51.2 Å². The minimum absolute atomic E-state index is 0.107. The molecular formula is C34H33N3O4S. The molecule has 0 spiro atoms. The van der Waals surface area contributed by atoms with Gasteiger partial charge in [-0.3, -0.25) is 9.59 Å². The SMILES string of the molecule is COc1ccccc1N1CCN(C(=O)c2ccc3c(c2)N(Cc2cc(C)ccc2C)C(=O)c2ccccc2[S@@]3=O)CC1. The van der Waals surface area contributed by atoms with Gasteiger partial charge in [-0.2, -0.15) is 0 Å². The molecule has 2 heterocycles. The lowest BCUT2D eigenvalue weighted by molar-refractivity contribution is 0.0746. The number of amides is 2. The first-order valence-corrected chi connectivity index (χ1v) is 15.2. The molecule has 2 aliphatic rings. The predicted molar refractivity (Wildman–Crippen MR) is 165 cm³/mol. The molecule has 42 heavy (non-hydrogen) atoms. The van der Waals surface area contributed by atoms with Crippen molar-refractivity contribution >= 4 is 34.0 Å². The minimum atomic E-state index is -1.58. The second kappa shape index (κ2) is 11.4. The number of hydrogen-bond acceptors (Lipinski definition) is 5. The molecule has 4 aromatic carbocycles. The largest absolute Gasteiger partial charge is 0.495 e. The molecule has 6 rings (SSSR count). The summed E-state index contributed by atoms with van der Waals surface area (Å²) in [5, 5.41) is 0. The fourth-order valence-corrected chi connectivity index (χ4v) is 7.06. The number of anilines is 2. The van der Waals surface area contributed by atoms with Crippen LogP contribution in [0.5, 0.6) is 5.75 Å². The lowest BCUT2D eigenvalue weighted by atomic mass is 10.0. The molecule has 1 saturated heterocycles. The molecule has 8 heteroatoms. The van der Waals surface area contributed by atoms with Gasteiger partial charge in [0.1, 0.15) is 5.75 Å². The summed E-state index contributed by atoms with van der Waals surface area (Å²) in [5.41, 5.74) is 5.57. The van der Waals surface area contributed by atoms with Gasteiger partial charge in [0.15, 0.2) is 0 Å². The Balaban J connectivity index is 1.33. The first kappa shape index (κ1) is 27.7. The summed E-state index contributed by atoms with van der Waals surface area (Å²) >= 11 is 0. The van der Waals surface area contributed by atoms with Crippen molar-refractivity contribution in [2.45, 2.75) is 30.2 Å². The molecule has 214 valence electrons. The van der Waals surface area contributed by atoms with E-state index in [4.69, 9.17) is 4.74 Å². The highest BCUT2D eigenvalue weighted by Gasteiger charge is 2.33. The molecule has 7 nitrogen and oxygen atoms in total. The van der Waals surface area contributed by atoms with Crippen LogP contribution in [0.4, 0.5) is 11.4 Å². The molecule has 0 saturated carbocycles. The summed E-state index contributed by atoms with van der Waals surface area (Å²) < 4.78 is 19.4. The van der Waals surface area contributed by atoms with E-state index in [2.05, 4.69) is 11.0 Å². The van der Waals surface area contributed by atoms with Crippen LogP contribution >= 0.6 is 0 Å². The Bertz CT molecular complexity index is 1710. The fraction of sp³-hybridized carbons (Fsp3) is 0.235. The average molecular weight is 580 g/mol. The first-order chi connectivity index (χ1) is 20.4. The standard InChI is InChI=1S/C34H33N3O4S/c1-23-12-13-24(2)26(20-23)22-37-29-21-25(14-15-32(29)42(40)31-11-7-4-8-27(31)34(37)39)33(38)36-18-16-35(17-19-36)28-9-5-6-10-30(28)41-3/h4-15,20-21H,16-19,22H2,1-3H3/t42-/m0/s1. The quantitative estimate of drug-likeness (QED) is 0.308. The van der Waals surface area contributed by atoms with E-state index >= 15 is 0 Å². The molecular weight excluding hydrogens is 546 g/mol. The zero-order valence-electron chi connectivity index (χ0n) is 24.0. The molecule has 0 aliphatic carbocycles. The fourth-order valence-electron chi connectivity index (χ4n) is 5.72. The van der Waals surface area contributed by atoms with Crippen LogP contribution in [-0.2, 0) is 17.3 Å². The third-order valence-corrected chi connectivity index (χ3v) is 9.58. The van der Waals surface area contributed by atoms with Crippen molar-refractivity contribution in [2.75, 3.05) is 43.1 Å². The molecule has 0 unspecified atom stereocenters. The van der Waals surface area contributed by atoms with E-state index in [1.165, 1.54) is 0 Å².